The highest BCUT2D eigenvalue weighted by atomic mass is 32.2. The molecule has 1 heterocycles. The fraction of sp³-hybridized carbons (Fsp3) is 0.923. The van der Waals surface area contributed by atoms with E-state index >= 15 is 0 Å². The minimum absolute atomic E-state index is 0.148. The highest BCUT2D eigenvalue weighted by Crippen LogP contribution is 2.12. The molecular formula is C13H25NOS. The number of thioether (sulfide) groups is 1. The van der Waals surface area contributed by atoms with Crippen molar-refractivity contribution in [2.24, 2.45) is 0 Å². The Bertz CT molecular complexity index is 190. The molecule has 1 saturated heterocycles. The first-order valence-electron chi connectivity index (χ1n) is 6.68. The van der Waals surface area contributed by atoms with Gasteiger partial charge < -0.3 is 5.32 Å². The van der Waals surface area contributed by atoms with Crippen LogP contribution in [-0.2, 0) is 4.79 Å². The van der Waals surface area contributed by atoms with E-state index in [0.717, 1.165) is 30.9 Å². The van der Waals surface area contributed by atoms with Crippen molar-refractivity contribution in [3.8, 4) is 0 Å². The number of Topliss-reactive ketones (excluding diaryl/α,β-unsaturated/α-hetero) is 1. The molecule has 0 aromatic rings. The van der Waals surface area contributed by atoms with Crippen LogP contribution in [0.3, 0.4) is 0 Å². The van der Waals surface area contributed by atoms with Crippen LogP contribution < -0.4 is 5.32 Å². The van der Waals surface area contributed by atoms with Crippen LogP contribution in [0.1, 0.15) is 51.9 Å². The van der Waals surface area contributed by atoms with Gasteiger partial charge in [0.1, 0.15) is 0 Å². The number of nitrogens with one attached hydrogen (secondary N) is 1. The number of rotatable bonds is 8. The van der Waals surface area contributed by atoms with Crippen molar-refractivity contribution in [3.63, 3.8) is 0 Å². The van der Waals surface area contributed by atoms with E-state index in [2.05, 4.69) is 12.2 Å². The lowest BCUT2D eigenvalue weighted by Gasteiger charge is -2.21. The Morgan fingerprint density at radius 2 is 2.00 bits per heavy atom. The first-order valence-corrected chi connectivity index (χ1v) is 7.84. The number of hydrogen-bond donors (Lipinski definition) is 1. The summed E-state index contributed by atoms with van der Waals surface area (Å²) in [5.41, 5.74) is 0. The van der Waals surface area contributed by atoms with Gasteiger partial charge in [-0.2, -0.15) is 11.8 Å². The molecule has 1 rings (SSSR count). The third kappa shape index (κ3) is 5.90. The Morgan fingerprint density at radius 1 is 1.25 bits per heavy atom. The maximum absolute atomic E-state index is 11.8. The molecule has 1 aliphatic heterocycles. The van der Waals surface area contributed by atoms with Crippen LogP contribution in [0.15, 0.2) is 0 Å². The normalized spacial score (nSPS) is 20.9. The lowest BCUT2D eigenvalue weighted by molar-refractivity contribution is -0.120. The third-order valence-electron chi connectivity index (χ3n) is 3.09. The van der Waals surface area contributed by atoms with Crippen molar-refractivity contribution < 1.29 is 4.79 Å². The smallest absolute Gasteiger partial charge is 0.150 e. The summed E-state index contributed by atoms with van der Waals surface area (Å²) in [6, 6.07) is 0.148. The maximum Gasteiger partial charge on any atom is 0.150 e. The van der Waals surface area contributed by atoms with Crippen molar-refractivity contribution in [2.45, 2.75) is 57.9 Å². The van der Waals surface area contributed by atoms with Crippen LogP contribution in [0.2, 0.25) is 0 Å². The van der Waals surface area contributed by atoms with Gasteiger partial charge in [-0.1, -0.05) is 39.0 Å². The van der Waals surface area contributed by atoms with Gasteiger partial charge in [0.2, 0.25) is 0 Å². The molecule has 0 aromatic carbocycles. The summed E-state index contributed by atoms with van der Waals surface area (Å²) in [5, 5.41) is 3.31. The van der Waals surface area contributed by atoms with Crippen LogP contribution in [0.5, 0.6) is 0 Å². The van der Waals surface area contributed by atoms with E-state index in [0.29, 0.717) is 5.78 Å². The van der Waals surface area contributed by atoms with E-state index in [1.165, 1.54) is 32.1 Å². The number of carbonyl (C=O) groups excluding carboxylic acids is 1. The monoisotopic (exact) mass is 243 g/mol. The SMILES string of the molecule is CCCCCCCCC(=O)C1CSCCN1. The molecule has 0 bridgehead atoms. The third-order valence-corrected chi connectivity index (χ3v) is 4.15. The quantitative estimate of drug-likeness (QED) is 0.664. The average molecular weight is 243 g/mol. The molecule has 1 N–H and O–H groups in total. The van der Waals surface area contributed by atoms with Gasteiger partial charge in [0, 0.05) is 24.5 Å². The van der Waals surface area contributed by atoms with E-state index in [1.807, 2.05) is 11.8 Å². The molecule has 2 nitrogen and oxygen atoms in total. The lowest BCUT2D eigenvalue weighted by Crippen LogP contribution is -2.43. The Labute approximate surface area is 104 Å². The van der Waals surface area contributed by atoms with Crippen molar-refractivity contribution in [3.05, 3.63) is 0 Å². The van der Waals surface area contributed by atoms with Crippen LogP contribution in [-0.4, -0.2) is 29.9 Å². The second-order valence-corrected chi connectivity index (χ2v) is 5.72. The summed E-state index contributed by atoms with van der Waals surface area (Å²) in [5.74, 6) is 2.57. The van der Waals surface area contributed by atoms with Gasteiger partial charge in [-0.25, -0.2) is 0 Å². The first kappa shape index (κ1) is 14.0. The maximum atomic E-state index is 11.8. The average Bonchev–Trinajstić information content (AvgIpc) is 2.34. The number of hydrogen-bond acceptors (Lipinski definition) is 3. The number of carbonyl (C=O) groups is 1. The molecule has 0 radical (unpaired) electrons. The van der Waals surface area contributed by atoms with Gasteiger partial charge in [-0.15, -0.1) is 0 Å². The van der Waals surface area contributed by atoms with Crippen LogP contribution in [0.4, 0.5) is 0 Å². The predicted octanol–water partition coefficient (Wildman–Crippen LogP) is 3.01. The van der Waals surface area contributed by atoms with Crippen molar-refractivity contribution in [1.82, 2.24) is 5.32 Å². The summed E-state index contributed by atoms with van der Waals surface area (Å²) in [7, 11) is 0. The van der Waals surface area contributed by atoms with E-state index in [4.69, 9.17) is 0 Å². The Hall–Kier alpha value is -0.0200. The zero-order chi connectivity index (χ0) is 11.6. The standard InChI is InChI=1S/C13H25NOS/c1-2-3-4-5-6-7-8-13(15)12-11-16-10-9-14-12/h12,14H,2-11H2,1H3. The molecule has 3 heteroatoms. The van der Waals surface area contributed by atoms with Gasteiger partial charge in [-0.05, 0) is 6.42 Å². The van der Waals surface area contributed by atoms with Crippen LogP contribution in [0, 0.1) is 0 Å². The Morgan fingerprint density at radius 3 is 2.69 bits per heavy atom. The molecule has 0 saturated carbocycles. The second kappa shape index (κ2) is 9.06. The largest absolute Gasteiger partial charge is 0.306 e. The van der Waals surface area contributed by atoms with Crippen molar-refractivity contribution >= 4 is 17.5 Å². The van der Waals surface area contributed by atoms with Gasteiger partial charge in [0.25, 0.3) is 0 Å². The molecule has 94 valence electrons. The molecular weight excluding hydrogens is 218 g/mol. The fourth-order valence-electron chi connectivity index (χ4n) is 2.03. The van der Waals surface area contributed by atoms with Crippen molar-refractivity contribution in [2.75, 3.05) is 18.1 Å². The molecule has 1 unspecified atom stereocenters. The van der Waals surface area contributed by atoms with E-state index < -0.39 is 0 Å². The van der Waals surface area contributed by atoms with Gasteiger partial charge >= 0.3 is 0 Å². The second-order valence-electron chi connectivity index (χ2n) is 4.57. The molecule has 0 aliphatic carbocycles. The highest BCUT2D eigenvalue weighted by Gasteiger charge is 2.19. The van der Waals surface area contributed by atoms with Gasteiger partial charge in [-0.3, -0.25) is 4.79 Å². The van der Waals surface area contributed by atoms with Crippen LogP contribution >= 0.6 is 11.8 Å². The fourth-order valence-corrected chi connectivity index (χ4v) is 2.99. The zero-order valence-electron chi connectivity index (χ0n) is 10.5. The minimum Gasteiger partial charge on any atom is -0.306 e. The van der Waals surface area contributed by atoms with E-state index in [1.54, 1.807) is 0 Å². The van der Waals surface area contributed by atoms with E-state index in [9.17, 15) is 4.79 Å². The van der Waals surface area contributed by atoms with Crippen molar-refractivity contribution in [1.29, 1.82) is 0 Å². The molecule has 1 aliphatic rings. The summed E-state index contributed by atoms with van der Waals surface area (Å²) in [6.07, 6.45) is 8.37. The van der Waals surface area contributed by atoms with Crippen LogP contribution in [0.25, 0.3) is 0 Å². The summed E-state index contributed by atoms with van der Waals surface area (Å²) >= 11 is 1.90. The molecule has 0 spiro atoms. The summed E-state index contributed by atoms with van der Waals surface area (Å²) in [4.78, 5) is 11.8. The van der Waals surface area contributed by atoms with E-state index in [-0.39, 0.29) is 6.04 Å². The number of unbranched alkanes of at least 4 members (excludes halogenated alkanes) is 5. The Balaban J connectivity index is 1.97. The predicted molar refractivity (Wildman–Crippen MR) is 72.1 cm³/mol. The number of ketones is 1. The molecule has 16 heavy (non-hydrogen) atoms. The van der Waals surface area contributed by atoms with Gasteiger partial charge in [0.15, 0.2) is 5.78 Å². The summed E-state index contributed by atoms with van der Waals surface area (Å²) < 4.78 is 0. The Kier molecular flexibility index (Phi) is 7.95. The zero-order valence-corrected chi connectivity index (χ0v) is 11.3. The molecule has 0 amide bonds. The topological polar surface area (TPSA) is 29.1 Å². The van der Waals surface area contributed by atoms with Gasteiger partial charge in [0.05, 0.1) is 6.04 Å². The molecule has 0 aromatic heterocycles. The molecule has 1 atom stereocenters. The molecule has 1 fully saturated rings. The highest BCUT2D eigenvalue weighted by molar-refractivity contribution is 7.99. The minimum atomic E-state index is 0.148. The lowest BCUT2D eigenvalue weighted by atomic mass is 10.0. The first-order chi connectivity index (χ1) is 7.84. The summed E-state index contributed by atoms with van der Waals surface area (Å²) in [6.45, 7) is 3.23.